The van der Waals surface area contributed by atoms with Crippen LogP contribution in [0.2, 0.25) is 0 Å². The number of thiophene rings is 1. The fourth-order valence-electron chi connectivity index (χ4n) is 3.19. The minimum Gasteiger partial charge on any atom is -0.351 e. The molecule has 0 spiro atoms. The third-order valence-electron chi connectivity index (χ3n) is 4.61. The average molecular weight is 416 g/mol. The molecule has 0 saturated carbocycles. The number of rotatable bonds is 5. The Balaban J connectivity index is 1.36. The Morgan fingerprint density at radius 3 is 2.89 bits per heavy atom. The van der Waals surface area contributed by atoms with Crippen LogP contribution < -0.4 is 10.2 Å². The van der Waals surface area contributed by atoms with Crippen molar-refractivity contribution in [1.82, 2.24) is 10.3 Å². The zero-order valence-electron chi connectivity index (χ0n) is 15.1. The van der Waals surface area contributed by atoms with Crippen LogP contribution in [0.5, 0.6) is 0 Å². The van der Waals surface area contributed by atoms with Gasteiger partial charge in [-0.15, -0.1) is 22.7 Å². The van der Waals surface area contributed by atoms with Gasteiger partial charge in [0.1, 0.15) is 5.82 Å². The number of nitrogens with one attached hydrogen (secondary N) is 1. The number of halogens is 1. The number of aromatic nitrogens is 1. The first kappa shape index (κ1) is 18.8. The van der Waals surface area contributed by atoms with Gasteiger partial charge in [-0.05, 0) is 31.2 Å². The van der Waals surface area contributed by atoms with Gasteiger partial charge in [0.05, 0.1) is 33.7 Å². The first-order valence-electron chi connectivity index (χ1n) is 8.85. The molecule has 2 aromatic heterocycles. The molecule has 28 heavy (non-hydrogen) atoms. The van der Waals surface area contributed by atoms with Crippen molar-refractivity contribution >= 4 is 40.2 Å². The highest BCUT2D eigenvalue weighted by molar-refractivity contribution is 7.16. The van der Waals surface area contributed by atoms with Gasteiger partial charge in [-0.2, -0.15) is 0 Å². The van der Waals surface area contributed by atoms with Crippen molar-refractivity contribution in [2.24, 2.45) is 5.92 Å². The van der Waals surface area contributed by atoms with Gasteiger partial charge in [-0.1, -0.05) is 12.1 Å². The van der Waals surface area contributed by atoms with E-state index in [1.54, 1.807) is 40.9 Å². The SMILES string of the molecule is Cc1nc(-c2ccc(CNC(=O)[C@H]3CC(=O)N(c4ccccc4F)C3)s2)cs1. The molecule has 3 aromatic rings. The van der Waals surface area contributed by atoms with Crippen LogP contribution in [0, 0.1) is 18.7 Å². The van der Waals surface area contributed by atoms with Crippen molar-refractivity contribution in [3.05, 3.63) is 57.5 Å². The lowest BCUT2D eigenvalue weighted by molar-refractivity contribution is -0.126. The molecule has 2 amide bonds. The molecule has 8 heteroatoms. The van der Waals surface area contributed by atoms with E-state index in [2.05, 4.69) is 10.3 Å². The van der Waals surface area contributed by atoms with Crippen LogP contribution in [0.3, 0.4) is 0 Å². The summed E-state index contributed by atoms with van der Waals surface area (Å²) in [6.07, 6.45) is 0.0912. The second-order valence-corrected chi connectivity index (χ2v) is 8.82. The maximum absolute atomic E-state index is 14.0. The number of hydrogen-bond acceptors (Lipinski definition) is 5. The number of para-hydroxylation sites is 1. The van der Waals surface area contributed by atoms with Gasteiger partial charge in [-0.3, -0.25) is 9.59 Å². The molecule has 1 saturated heterocycles. The normalized spacial score (nSPS) is 16.6. The number of amides is 2. The van der Waals surface area contributed by atoms with Gasteiger partial charge < -0.3 is 10.2 Å². The number of hydrogen-bond donors (Lipinski definition) is 1. The summed E-state index contributed by atoms with van der Waals surface area (Å²) in [4.78, 5) is 32.7. The summed E-state index contributed by atoms with van der Waals surface area (Å²) < 4.78 is 14.0. The Labute approximate surface area is 169 Å². The minimum atomic E-state index is -0.479. The fourth-order valence-corrected chi connectivity index (χ4v) is 4.79. The zero-order valence-corrected chi connectivity index (χ0v) is 16.8. The number of thiazole rings is 1. The maximum atomic E-state index is 14.0. The first-order chi connectivity index (χ1) is 13.5. The quantitative estimate of drug-likeness (QED) is 0.685. The van der Waals surface area contributed by atoms with Crippen LogP contribution in [0.4, 0.5) is 10.1 Å². The monoisotopic (exact) mass is 415 g/mol. The topological polar surface area (TPSA) is 62.3 Å². The highest BCUT2D eigenvalue weighted by atomic mass is 32.1. The molecule has 0 aliphatic carbocycles. The molecule has 1 atom stereocenters. The third-order valence-corrected chi connectivity index (χ3v) is 6.49. The molecule has 3 heterocycles. The summed E-state index contributed by atoms with van der Waals surface area (Å²) in [6.45, 7) is 2.56. The highest BCUT2D eigenvalue weighted by Crippen LogP contribution is 2.30. The van der Waals surface area contributed by atoms with E-state index in [0.717, 1.165) is 20.5 Å². The lowest BCUT2D eigenvalue weighted by Gasteiger charge is -2.17. The minimum absolute atomic E-state index is 0.0912. The number of benzene rings is 1. The Kier molecular flexibility index (Phi) is 5.23. The van der Waals surface area contributed by atoms with E-state index in [1.165, 1.54) is 11.0 Å². The lowest BCUT2D eigenvalue weighted by Crippen LogP contribution is -2.32. The van der Waals surface area contributed by atoms with Crippen molar-refractivity contribution in [3.8, 4) is 10.6 Å². The van der Waals surface area contributed by atoms with E-state index in [0.29, 0.717) is 6.54 Å². The third kappa shape index (κ3) is 3.83. The molecular formula is C20H18FN3O2S2. The first-order valence-corrected chi connectivity index (χ1v) is 10.5. The van der Waals surface area contributed by atoms with E-state index in [4.69, 9.17) is 0 Å². The van der Waals surface area contributed by atoms with Crippen molar-refractivity contribution in [2.45, 2.75) is 19.9 Å². The average Bonchev–Trinajstić information content (AvgIpc) is 3.40. The fraction of sp³-hybridized carbons (Fsp3) is 0.250. The molecule has 0 unspecified atom stereocenters. The molecule has 0 bridgehead atoms. The molecule has 0 radical (unpaired) electrons. The molecule has 1 aliphatic rings. The summed E-state index contributed by atoms with van der Waals surface area (Å²) >= 11 is 3.19. The van der Waals surface area contributed by atoms with Gasteiger partial charge in [0.15, 0.2) is 0 Å². The summed E-state index contributed by atoms with van der Waals surface area (Å²) in [5, 5.41) is 5.94. The summed E-state index contributed by atoms with van der Waals surface area (Å²) in [5.41, 5.74) is 1.18. The Hall–Kier alpha value is -2.58. The van der Waals surface area contributed by atoms with Crippen LogP contribution >= 0.6 is 22.7 Å². The van der Waals surface area contributed by atoms with Gasteiger partial charge in [-0.25, -0.2) is 9.37 Å². The van der Waals surface area contributed by atoms with E-state index in [9.17, 15) is 14.0 Å². The zero-order chi connectivity index (χ0) is 19.7. The molecule has 1 aliphatic heterocycles. The maximum Gasteiger partial charge on any atom is 0.227 e. The Morgan fingerprint density at radius 1 is 1.32 bits per heavy atom. The van der Waals surface area contributed by atoms with Crippen LogP contribution in [0.15, 0.2) is 41.8 Å². The van der Waals surface area contributed by atoms with Crippen LogP contribution in [-0.4, -0.2) is 23.3 Å². The molecule has 144 valence electrons. The highest BCUT2D eigenvalue weighted by Gasteiger charge is 2.36. The number of carbonyl (C=O) groups excluding carboxylic acids is 2. The van der Waals surface area contributed by atoms with Crippen LogP contribution in [-0.2, 0) is 16.1 Å². The number of aryl methyl sites for hydroxylation is 1. The molecule has 1 N–H and O–H groups in total. The number of anilines is 1. The Bertz CT molecular complexity index is 1030. The van der Waals surface area contributed by atoms with Gasteiger partial charge in [0, 0.05) is 23.2 Å². The van der Waals surface area contributed by atoms with E-state index in [1.807, 2.05) is 24.4 Å². The van der Waals surface area contributed by atoms with E-state index < -0.39 is 11.7 Å². The number of nitrogens with zero attached hydrogens (tertiary/aromatic N) is 2. The Morgan fingerprint density at radius 2 is 2.14 bits per heavy atom. The summed E-state index contributed by atoms with van der Waals surface area (Å²) in [5.74, 6) is -1.36. The number of carbonyl (C=O) groups is 2. The van der Waals surface area contributed by atoms with Crippen molar-refractivity contribution in [2.75, 3.05) is 11.4 Å². The van der Waals surface area contributed by atoms with Gasteiger partial charge >= 0.3 is 0 Å². The summed E-state index contributed by atoms with van der Waals surface area (Å²) in [7, 11) is 0. The second-order valence-electron chi connectivity index (χ2n) is 6.59. The van der Waals surface area contributed by atoms with E-state index in [-0.39, 0.29) is 30.5 Å². The molecule has 4 rings (SSSR count). The molecular weight excluding hydrogens is 397 g/mol. The molecule has 5 nitrogen and oxygen atoms in total. The lowest BCUT2D eigenvalue weighted by atomic mass is 10.1. The molecule has 1 aromatic carbocycles. The summed E-state index contributed by atoms with van der Waals surface area (Å²) in [6, 6.07) is 10.1. The largest absolute Gasteiger partial charge is 0.351 e. The standard InChI is InChI=1S/C20H18FN3O2S2/c1-12-23-16(11-27-12)18-7-6-14(28-18)9-22-20(26)13-8-19(25)24(10-13)17-5-3-2-4-15(17)21/h2-7,11,13H,8-10H2,1H3,(H,22,26)/t13-/m0/s1. The van der Waals surface area contributed by atoms with Crippen molar-refractivity contribution in [1.29, 1.82) is 0 Å². The second kappa shape index (κ2) is 7.81. The van der Waals surface area contributed by atoms with Gasteiger partial charge in [0.2, 0.25) is 11.8 Å². The van der Waals surface area contributed by atoms with Crippen LogP contribution in [0.25, 0.3) is 10.6 Å². The molecule has 1 fully saturated rings. The van der Waals surface area contributed by atoms with Crippen molar-refractivity contribution in [3.63, 3.8) is 0 Å². The predicted molar refractivity (Wildman–Crippen MR) is 109 cm³/mol. The van der Waals surface area contributed by atoms with Gasteiger partial charge in [0.25, 0.3) is 0 Å². The predicted octanol–water partition coefficient (Wildman–Crippen LogP) is 3.99. The van der Waals surface area contributed by atoms with Crippen molar-refractivity contribution < 1.29 is 14.0 Å². The smallest absolute Gasteiger partial charge is 0.227 e. The van der Waals surface area contributed by atoms with E-state index >= 15 is 0 Å². The van der Waals surface area contributed by atoms with Crippen LogP contribution in [0.1, 0.15) is 16.3 Å².